The predicted molar refractivity (Wildman–Crippen MR) is 64.3 cm³/mol. The zero-order valence-electron chi connectivity index (χ0n) is 9.64. The first kappa shape index (κ1) is 12.0. The van der Waals surface area contributed by atoms with Gasteiger partial charge in [-0.2, -0.15) is 4.98 Å². The third-order valence-electron chi connectivity index (χ3n) is 2.25. The van der Waals surface area contributed by atoms with Gasteiger partial charge in [0.1, 0.15) is 23.1 Å². The predicted octanol–water partition coefficient (Wildman–Crippen LogP) is 2.00. The quantitative estimate of drug-likeness (QED) is 0.640. The molecule has 0 saturated carbocycles. The van der Waals surface area contributed by atoms with Crippen LogP contribution in [-0.4, -0.2) is 15.8 Å². The van der Waals surface area contributed by atoms with E-state index in [2.05, 4.69) is 9.97 Å². The minimum Gasteiger partial charge on any atom is -0.424 e. The Bertz CT molecular complexity index is 600. The number of aromatic nitrogens is 2. The summed E-state index contributed by atoms with van der Waals surface area (Å²) in [5.74, 6) is -0.0477. The third kappa shape index (κ3) is 2.60. The molecule has 18 heavy (non-hydrogen) atoms. The Morgan fingerprint density at radius 1 is 1.39 bits per heavy atom. The molecule has 0 amide bonds. The molecule has 0 aliphatic carbocycles. The Morgan fingerprint density at radius 3 is 2.83 bits per heavy atom. The van der Waals surface area contributed by atoms with Crippen LogP contribution in [-0.2, 0) is 0 Å². The molecule has 3 N–H and O–H groups in total. The molecule has 0 atom stereocenters. The van der Waals surface area contributed by atoms with Crippen molar-refractivity contribution in [2.45, 2.75) is 6.92 Å². The van der Waals surface area contributed by atoms with Crippen molar-refractivity contribution in [1.29, 1.82) is 5.41 Å². The van der Waals surface area contributed by atoms with E-state index in [1.54, 1.807) is 6.92 Å². The van der Waals surface area contributed by atoms with E-state index in [-0.39, 0.29) is 23.4 Å². The van der Waals surface area contributed by atoms with E-state index >= 15 is 0 Å². The number of ether oxygens (including phenoxy) is 1. The number of benzene rings is 1. The van der Waals surface area contributed by atoms with Gasteiger partial charge in [0.2, 0.25) is 0 Å². The molecule has 0 aliphatic rings. The van der Waals surface area contributed by atoms with Gasteiger partial charge in [0.05, 0.1) is 0 Å². The minimum atomic E-state index is -0.335. The first-order valence-corrected chi connectivity index (χ1v) is 5.17. The number of hydrogen-bond acceptors (Lipinski definition) is 4. The lowest BCUT2D eigenvalue weighted by atomic mass is 10.2. The largest absolute Gasteiger partial charge is 0.424 e. The van der Waals surface area contributed by atoms with Crippen molar-refractivity contribution in [1.82, 2.24) is 9.97 Å². The van der Waals surface area contributed by atoms with Crippen LogP contribution in [0, 0.1) is 18.2 Å². The van der Waals surface area contributed by atoms with Gasteiger partial charge in [-0.1, -0.05) is 0 Å². The van der Waals surface area contributed by atoms with Crippen molar-refractivity contribution in [2.75, 3.05) is 0 Å². The molecule has 1 aromatic carbocycles. The number of nitrogens with one attached hydrogen (secondary N) is 1. The van der Waals surface area contributed by atoms with E-state index < -0.39 is 0 Å². The summed E-state index contributed by atoms with van der Waals surface area (Å²) in [5.41, 5.74) is 6.22. The fourth-order valence-electron chi connectivity index (χ4n) is 1.37. The lowest BCUT2D eigenvalue weighted by molar-refractivity contribution is 0.436. The highest BCUT2D eigenvalue weighted by molar-refractivity contribution is 5.92. The van der Waals surface area contributed by atoms with Crippen LogP contribution >= 0.6 is 0 Å². The van der Waals surface area contributed by atoms with Gasteiger partial charge in [0.15, 0.2) is 0 Å². The molecule has 0 aliphatic heterocycles. The zero-order chi connectivity index (χ0) is 13.1. The fraction of sp³-hybridized carbons (Fsp3) is 0.0833. The number of nitrogens with zero attached hydrogens (tertiary/aromatic N) is 2. The topological polar surface area (TPSA) is 84.9 Å². The summed E-state index contributed by atoms with van der Waals surface area (Å²) >= 11 is 0. The lowest BCUT2D eigenvalue weighted by Gasteiger charge is -2.07. The number of halogens is 1. The summed E-state index contributed by atoms with van der Waals surface area (Å²) < 4.78 is 18.3. The molecule has 2 aromatic rings. The second kappa shape index (κ2) is 4.79. The van der Waals surface area contributed by atoms with E-state index in [0.29, 0.717) is 11.3 Å². The summed E-state index contributed by atoms with van der Waals surface area (Å²) in [7, 11) is 0. The molecule has 2 rings (SSSR count). The maximum atomic E-state index is 12.9. The van der Waals surface area contributed by atoms with Crippen molar-refractivity contribution in [3.8, 4) is 11.8 Å². The minimum absolute atomic E-state index is 0.0670. The highest BCUT2D eigenvalue weighted by atomic mass is 19.1. The molecular formula is C12H11FN4O. The van der Waals surface area contributed by atoms with Crippen molar-refractivity contribution in [3.63, 3.8) is 0 Å². The first-order valence-electron chi connectivity index (χ1n) is 5.17. The summed E-state index contributed by atoms with van der Waals surface area (Å²) in [6, 6.07) is 5.71. The Kier molecular flexibility index (Phi) is 3.18. The van der Waals surface area contributed by atoms with Crippen molar-refractivity contribution in [3.05, 3.63) is 47.5 Å². The van der Waals surface area contributed by atoms with Crippen molar-refractivity contribution >= 4 is 5.84 Å². The maximum Gasteiger partial charge on any atom is 0.322 e. The standard InChI is InChI=1S/C12H11FN4O/c1-7-6-8(13)2-3-10(7)18-12-16-5-4-9(17-12)11(14)15/h2-6H,1H3,(H3,14,15). The Hall–Kier alpha value is -2.50. The summed E-state index contributed by atoms with van der Waals surface area (Å²) in [4.78, 5) is 7.86. The molecule has 1 heterocycles. The number of nitrogen functional groups attached to an aromatic ring is 1. The van der Waals surface area contributed by atoms with E-state index in [9.17, 15) is 4.39 Å². The van der Waals surface area contributed by atoms with Crippen LogP contribution in [0.25, 0.3) is 0 Å². The highest BCUT2D eigenvalue weighted by Crippen LogP contribution is 2.22. The van der Waals surface area contributed by atoms with Crippen LogP contribution in [0.2, 0.25) is 0 Å². The third-order valence-corrected chi connectivity index (χ3v) is 2.25. The van der Waals surface area contributed by atoms with E-state index in [1.165, 1.54) is 30.5 Å². The Balaban J connectivity index is 2.28. The first-order chi connectivity index (χ1) is 8.56. The molecule has 0 spiro atoms. The van der Waals surface area contributed by atoms with Gasteiger partial charge in [-0.15, -0.1) is 0 Å². The second-order valence-electron chi connectivity index (χ2n) is 3.65. The van der Waals surface area contributed by atoms with E-state index in [0.717, 1.165) is 0 Å². The Labute approximate surface area is 103 Å². The van der Waals surface area contributed by atoms with E-state index in [1.807, 2.05) is 0 Å². The molecule has 1 aromatic heterocycles. The van der Waals surface area contributed by atoms with Gasteiger partial charge in [-0.3, -0.25) is 5.41 Å². The molecular weight excluding hydrogens is 235 g/mol. The molecule has 0 saturated heterocycles. The van der Waals surface area contributed by atoms with Crippen LogP contribution in [0.5, 0.6) is 11.8 Å². The van der Waals surface area contributed by atoms with Gasteiger partial charge in [0, 0.05) is 6.20 Å². The monoisotopic (exact) mass is 246 g/mol. The van der Waals surface area contributed by atoms with Gasteiger partial charge in [0.25, 0.3) is 0 Å². The number of hydrogen-bond donors (Lipinski definition) is 2. The van der Waals surface area contributed by atoms with E-state index in [4.69, 9.17) is 15.9 Å². The normalized spacial score (nSPS) is 10.1. The molecule has 0 bridgehead atoms. The summed E-state index contributed by atoms with van der Waals surface area (Å²) in [6.45, 7) is 1.72. The SMILES string of the molecule is Cc1cc(F)ccc1Oc1nccc(C(=N)N)n1. The second-order valence-corrected chi connectivity index (χ2v) is 3.65. The molecule has 0 fully saturated rings. The number of amidine groups is 1. The van der Waals surface area contributed by atoms with Crippen LogP contribution in [0.1, 0.15) is 11.3 Å². The van der Waals surface area contributed by atoms with Gasteiger partial charge in [-0.25, -0.2) is 9.37 Å². The van der Waals surface area contributed by atoms with Gasteiger partial charge < -0.3 is 10.5 Å². The van der Waals surface area contributed by atoms with Crippen LogP contribution in [0.3, 0.4) is 0 Å². The fourth-order valence-corrected chi connectivity index (χ4v) is 1.37. The highest BCUT2D eigenvalue weighted by Gasteiger charge is 2.06. The van der Waals surface area contributed by atoms with Crippen molar-refractivity contribution < 1.29 is 9.13 Å². The summed E-state index contributed by atoms with van der Waals surface area (Å²) in [6.07, 6.45) is 1.44. The lowest BCUT2D eigenvalue weighted by Crippen LogP contribution is -2.13. The molecule has 0 radical (unpaired) electrons. The zero-order valence-corrected chi connectivity index (χ0v) is 9.64. The molecule has 92 valence electrons. The van der Waals surface area contributed by atoms with Gasteiger partial charge >= 0.3 is 6.01 Å². The maximum absolute atomic E-state index is 12.9. The number of nitrogens with two attached hydrogens (primary N) is 1. The smallest absolute Gasteiger partial charge is 0.322 e. The summed E-state index contributed by atoms with van der Waals surface area (Å²) in [5, 5.41) is 7.26. The molecule has 0 unspecified atom stereocenters. The number of rotatable bonds is 3. The van der Waals surface area contributed by atoms with Crippen molar-refractivity contribution in [2.24, 2.45) is 5.73 Å². The van der Waals surface area contributed by atoms with Crippen LogP contribution < -0.4 is 10.5 Å². The Morgan fingerprint density at radius 2 is 2.17 bits per heavy atom. The van der Waals surface area contributed by atoms with Crippen LogP contribution in [0.4, 0.5) is 4.39 Å². The molecule has 6 heteroatoms. The average molecular weight is 246 g/mol. The van der Waals surface area contributed by atoms with Gasteiger partial charge in [-0.05, 0) is 36.8 Å². The molecule has 5 nitrogen and oxygen atoms in total. The van der Waals surface area contributed by atoms with Crippen LogP contribution in [0.15, 0.2) is 30.5 Å². The number of aryl methyl sites for hydroxylation is 1. The average Bonchev–Trinajstić information content (AvgIpc) is 2.33.